The molecule has 0 saturated carbocycles. The standard InChI is InChI=1S/C26H21N5OS/c32-24(31-17-16-27-30-31)18-23-19-33-25(28-23)29-26(20-10-4-1-5-11-20,21-12-6-2-7-13-21)22-14-8-3-9-15-22/h1-17,19H,18H2,(H,28,29). The van der Waals surface area contributed by atoms with E-state index in [9.17, 15) is 4.79 Å². The van der Waals surface area contributed by atoms with Crippen molar-refractivity contribution in [2.24, 2.45) is 0 Å². The third-order valence-corrected chi connectivity index (χ3v) is 6.28. The Kier molecular flexibility index (Phi) is 5.78. The van der Waals surface area contributed by atoms with Crippen molar-refractivity contribution in [2.45, 2.75) is 12.0 Å². The smallest absolute Gasteiger partial charge is 0.254 e. The third-order valence-electron chi connectivity index (χ3n) is 5.48. The number of hydrogen-bond acceptors (Lipinski definition) is 6. The summed E-state index contributed by atoms with van der Waals surface area (Å²) in [7, 11) is 0. The predicted octanol–water partition coefficient (Wildman–Crippen LogP) is 5.02. The van der Waals surface area contributed by atoms with Crippen LogP contribution in [-0.4, -0.2) is 25.9 Å². The van der Waals surface area contributed by atoms with Crippen molar-refractivity contribution in [3.8, 4) is 0 Å². The fourth-order valence-electron chi connectivity index (χ4n) is 3.96. The van der Waals surface area contributed by atoms with Gasteiger partial charge in [0, 0.05) is 5.38 Å². The van der Waals surface area contributed by atoms with Gasteiger partial charge in [0.2, 0.25) is 0 Å². The molecule has 0 spiro atoms. The van der Waals surface area contributed by atoms with E-state index in [0.717, 1.165) is 21.8 Å². The number of carbonyl (C=O) groups is 1. The van der Waals surface area contributed by atoms with E-state index in [0.29, 0.717) is 5.69 Å². The van der Waals surface area contributed by atoms with Crippen LogP contribution in [0.1, 0.15) is 27.2 Å². The van der Waals surface area contributed by atoms with Crippen LogP contribution in [0.4, 0.5) is 5.13 Å². The molecule has 0 unspecified atom stereocenters. The Morgan fingerprint density at radius 1 is 0.848 bits per heavy atom. The second kappa shape index (κ2) is 9.18. The molecule has 33 heavy (non-hydrogen) atoms. The molecular weight excluding hydrogens is 430 g/mol. The number of aromatic nitrogens is 4. The van der Waals surface area contributed by atoms with Gasteiger partial charge in [0.25, 0.3) is 5.91 Å². The Morgan fingerprint density at radius 2 is 1.39 bits per heavy atom. The molecule has 2 aromatic heterocycles. The lowest BCUT2D eigenvalue weighted by Gasteiger charge is -2.36. The molecule has 2 heterocycles. The van der Waals surface area contributed by atoms with Gasteiger partial charge in [-0.15, -0.1) is 16.4 Å². The van der Waals surface area contributed by atoms with E-state index < -0.39 is 5.54 Å². The van der Waals surface area contributed by atoms with Gasteiger partial charge in [0.05, 0.1) is 24.5 Å². The topological polar surface area (TPSA) is 72.7 Å². The molecule has 5 rings (SSSR count). The van der Waals surface area contributed by atoms with Gasteiger partial charge in [-0.3, -0.25) is 4.79 Å². The molecule has 0 atom stereocenters. The van der Waals surface area contributed by atoms with Crippen LogP contribution >= 0.6 is 11.3 Å². The van der Waals surface area contributed by atoms with Gasteiger partial charge in [0.15, 0.2) is 5.13 Å². The van der Waals surface area contributed by atoms with Crippen LogP contribution in [0.2, 0.25) is 0 Å². The number of nitrogens with one attached hydrogen (secondary N) is 1. The van der Waals surface area contributed by atoms with Crippen molar-refractivity contribution in [3.05, 3.63) is 131 Å². The van der Waals surface area contributed by atoms with Crippen molar-refractivity contribution in [2.75, 3.05) is 5.32 Å². The zero-order valence-electron chi connectivity index (χ0n) is 17.7. The molecule has 0 aliphatic rings. The number of thiazole rings is 1. The maximum Gasteiger partial charge on any atom is 0.254 e. The lowest BCUT2D eigenvalue weighted by atomic mass is 9.77. The normalized spacial score (nSPS) is 11.3. The molecule has 0 aliphatic heterocycles. The molecule has 7 heteroatoms. The zero-order valence-corrected chi connectivity index (χ0v) is 18.5. The maximum atomic E-state index is 12.4. The summed E-state index contributed by atoms with van der Waals surface area (Å²) in [6.07, 6.45) is 3.18. The van der Waals surface area contributed by atoms with Crippen molar-refractivity contribution < 1.29 is 4.79 Å². The van der Waals surface area contributed by atoms with Crippen LogP contribution < -0.4 is 5.32 Å². The van der Waals surface area contributed by atoms with E-state index in [1.54, 1.807) is 6.20 Å². The second-order valence-electron chi connectivity index (χ2n) is 7.54. The third kappa shape index (κ3) is 4.18. The van der Waals surface area contributed by atoms with Gasteiger partial charge in [0.1, 0.15) is 5.54 Å². The van der Waals surface area contributed by atoms with Crippen LogP contribution in [0.3, 0.4) is 0 Å². The van der Waals surface area contributed by atoms with E-state index >= 15 is 0 Å². The minimum absolute atomic E-state index is 0.149. The largest absolute Gasteiger partial charge is 0.344 e. The molecule has 162 valence electrons. The molecule has 6 nitrogen and oxygen atoms in total. The molecule has 0 aliphatic carbocycles. The second-order valence-corrected chi connectivity index (χ2v) is 8.39. The SMILES string of the molecule is O=C(Cc1csc(NC(c2ccccc2)(c2ccccc2)c2ccccc2)n1)n1ccnn1. The van der Waals surface area contributed by atoms with Gasteiger partial charge >= 0.3 is 0 Å². The predicted molar refractivity (Wildman–Crippen MR) is 129 cm³/mol. The summed E-state index contributed by atoms with van der Waals surface area (Å²) in [6, 6.07) is 31.0. The number of rotatable bonds is 7. The zero-order chi connectivity index (χ0) is 22.5. The molecular formula is C26H21N5OS. The summed E-state index contributed by atoms with van der Waals surface area (Å²) in [6.45, 7) is 0. The van der Waals surface area contributed by atoms with E-state index in [1.807, 2.05) is 60.0 Å². The summed E-state index contributed by atoms with van der Waals surface area (Å²) in [5.74, 6) is -0.176. The Hall–Kier alpha value is -4.10. The highest BCUT2D eigenvalue weighted by Crippen LogP contribution is 2.40. The van der Waals surface area contributed by atoms with Gasteiger partial charge in [-0.2, -0.15) is 4.68 Å². The van der Waals surface area contributed by atoms with Crippen molar-refractivity contribution in [3.63, 3.8) is 0 Å². The van der Waals surface area contributed by atoms with Crippen LogP contribution in [-0.2, 0) is 12.0 Å². The lowest BCUT2D eigenvalue weighted by Crippen LogP contribution is -2.38. The molecule has 3 aromatic carbocycles. The van der Waals surface area contributed by atoms with E-state index in [1.165, 1.54) is 22.2 Å². The average Bonchev–Trinajstić information content (AvgIpc) is 3.57. The molecule has 0 bridgehead atoms. The number of nitrogens with zero attached hydrogens (tertiary/aromatic N) is 4. The van der Waals surface area contributed by atoms with Crippen LogP contribution in [0.25, 0.3) is 0 Å². The summed E-state index contributed by atoms with van der Waals surface area (Å²) >= 11 is 1.48. The van der Waals surface area contributed by atoms with Gasteiger partial charge < -0.3 is 5.32 Å². The van der Waals surface area contributed by atoms with Gasteiger partial charge in [-0.05, 0) is 16.7 Å². The fourth-order valence-corrected chi connectivity index (χ4v) is 4.73. The first-order valence-electron chi connectivity index (χ1n) is 10.5. The summed E-state index contributed by atoms with van der Waals surface area (Å²) < 4.78 is 1.23. The van der Waals surface area contributed by atoms with Crippen LogP contribution in [0.15, 0.2) is 109 Å². The highest BCUT2D eigenvalue weighted by atomic mass is 32.1. The van der Waals surface area contributed by atoms with Crippen molar-refractivity contribution in [1.29, 1.82) is 0 Å². The van der Waals surface area contributed by atoms with E-state index in [-0.39, 0.29) is 12.3 Å². The Balaban J connectivity index is 1.57. The number of hydrogen-bond donors (Lipinski definition) is 1. The van der Waals surface area contributed by atoms with Crippen molar-refractivity contribution >= 4 is 22.4 Å². The molecule has 0 fully saturated rings. The number of carbonyl (C=O) groups excluding carboxylic acids is 1. The monoisotopic (exact) mass is 451 g/mol. The molecule has 0 radical (unpaired) electrons. The summed E-state index contributed by atoms with van der Waals surface area (Å²) in [4.78, 5) is 17.2. The molecule has 1 N–H and O–H groups in total. The lowest BCUT2D eigenvalue weighted by molar-refractivity contribution is 0.0895. The highest BCUT2D eigenvalue weighted by molar-refractivity contribution is 7.13. The first-order chi connectivity index (χ1) is 16.3. The summed E-state index contributed by atoms with van der Waals surface area (Å²) in [5.41, 5.74) is 3.31. The quantitative estimate of drug-likeness (QED) is 0.352. The molecule has 0 saturated heterocycles. The molecule has 5 aromatic rings. The Morgan fingerprint density at radius 3 is 1.88 bits per heavy atom. The first-order valence-corrected chi connectivity index (χ1v) is 11.4. The molecule has 0 amide bonds. The highest BCUT2D eigenvalue weighted by Gasteiger charge is 2.37. The summed E-state index contributed by atoms with van der Waals surface area (Å²) in [5, 5.41) is 13.8. The van der Waals surface area contributed by atoms with Gasteiger partial charge in [-0.25, -0.2) is 4.98 Å². The first kappa shape index (κ1) is 20.8. The fraction of sp³-hybridized carbons (Fsp3) is 0.0769. The van der Waals surface area contributed by atoms with Gasteiger partial charge in [-0.1, -0.05) is 96.2 Å². The maximum absolute atomic E-state index is 12.4. The average molecular weight is 452 g/mol. The van der Waals surface area contributed by atoms with Crippen LogP contribution in [0, 0.1) is 0 Å². The Labute approximate surface area is 195 Å². The number of anilines is 1. The van der Waals surface area contributed by atoms with Crippen molar-refractivity contribution in [1.82, 2.24) is 20.0 Å². The number of benzene rings is 3. The minimum Gasteiger partial charge on any atom is -0.344 e. The van der Waals surface area contributed by atoms with E-state index in [4.69, 9.17) is 4.98 Å². The minimum atomic E-state index is -0.658. The van der Waals surface area contributed by atoms with Crippen LogP contribution in [0.5, 0.6) is 0 Å². The Bertz CT molecular complexity index is 1220. The van der Waals surface area contributed by atoms with E-state index in [2.05, 4.69) is 52.0 Å².